The maximum atomic E-state index is 11.4. The van der Waals surface area contributed by atoms with E-state index in [4.69, 9.17) is 5.73 Å². The van der Waals surface area contributed by atoms with Gasteiger partial charge < -0.3 is 15.7 Å². The smallest absolute Gasteiger partial charge is 0.325 e. The van der Waals surface area contributed by atoms with Crippen LogP contribution in [0.2, 0.25) is 0 Å². The number of carboxylic acids is 1. The van der Waals surface area contributed by atoms with Gasteiger partial charge in [0.1, 0.15) is 5.54 Å². The lowest BCUT2D eigenvalue weighted by Crippen LogP contribution is -2.57. The summed E-state index contributed by atoms with van der Waals surface area (Å²) in [5.74, 6) is -0.751. The summed E-state index contributed by atoms with van der Waals surface area (Å²) in [5.41, 5.74) is 6.17. The van der Waals surface area contributed by atoms with Gasteiger partial charge >= 0.3 is 5.97 Å². The fourth-order valence-electron chi connectivity index (χ4n) is 2.36. The van der Waals surface area contributed by atoms with Gasteiger partial charge in [-0.2, -0.15) is 0 Å². The molecule has 2 rings (SSSR count). The maximum absolute atomic E-state index is 11.4. The lowest BCUT2D eigenvalue weighted by Gasteiger charge is -2.30. The Morgan fingerprint density at radius 1 is 1.53 bits per heavy atom. The highest BCUT2D eigenvalue weighted by Crippen LogP contribution is 2.38. The van der Waals surface area contributed by atoms with E-state index < -0.39 is 11.5 Å². The summed E-state index contributed by atoms with van der Waals surface area (Å²) in [4.78, 5) is 17.3. The van der Waals surface area contributed by atoms with E-state index in [2.05, 4.69) is 4.98 Å². The van der Waals surface area contributed by atoms with Crippen LogP contribution in [0.25, 0.3) is 0 Å². The topological polar surface area (TPSA) is 79.5 Å². The molecule has 1 aromatic heterocycles. The Bertz CT molecular complexity index is 434. The zero-order chi connectivity index (χ0) is 13.9. The van der Waals surface area contributed by atoms with Crippen LogP contribution in [0.15, 0.2) is 24.5 Å². The zero-order valence-corrected chi connectivity index (χ0v) is 11.2. The molecule has 3 N–H and O–H groups in total. The van der Waals surface area contributed by atoms with Gasteiger partial charge in [0, 0.05) is 25.5 Å². The van der Waals surface area contributed by atoms with Crippen molar-refractivity contribution in [3.05, 3.63) is 30.1 Å². The van der Waals surface area contributed by atoms with Gasteiger partial charge in [0.15, 0.2) is 0 Å². The number of likely N-dealkylation sites (N-methyl/N-ethyl adjacent to an activating group) is 1. The van der Waals surface area contributed by atoms with Gasteiger partial charge in [0.2, 0.25) is 0 Å². The molecule has 1 unspecified atom stereocenters. The molecule has 1 aliphatic rings. The van der Waals surface area contributed by atoms with Crippen molar-refractivity contribution >= 4 is 5.97 Å². The number of carboxylic acid groups (broad SMARTS) is 1. The molecule has 0 radical (unpaired) electrons. The van der Waals surface area contributed by atoms with Crippen molar-refractivity contribution < 1.29 is 9.90 Å². The average molecular weight is 263 g/mol. The summed E-state index contributed by atoms with van der Waals surface area (Å²) in [6.45, 7) is 1.20. The quantitative estimate of drug-likeness (QED) is 0.759. The Kier molecular flexibility index (Phi) is 4.17. The minimum Gasteiger partial charge on any atom is -0.480 e. The standard InChI is InChI=1S/C14H21N3O2/c1-17(9-6-11-4-7-16-8-5-11)10-14(15,13(18)19)12-2-3-12/h4-5,7-8,12H,2-3,6,9-10,15H2,1H3,(H,18,19). The minimum atomic E-state index is -1.09. The third kappa shape index (κ3) is 3.52. The molecular formula is C14H21N3O2. The van der Waals surface area contributed by atoms with E-state index in [9.17, 15) is 9.90 Å². The van der Waals surface area contributed by atoms with Crippen molar-refractivity contribution in [3.63, 3.8) is 0 Å². The molecule has 0 aliphatic heterocycles. The maximum Gasteiger partial charge on any atom is 0.325 e. The molecule has 1 heterocycles. The summed E-state index contributed by atoms with van der Waals surface area (Å²) in [5, 5.41) is 9.32. The number of hydrogen-bond donors (Lipinski definition) is 2. The van der Waals surface area contributed by atoms with Crippen LogP contribution in [0, 0.1) is 5.92 Å². The summed E-state index contributed by atoms with van der Waals surface area (Å²) in [6.07, 6.45) is 6.27. The number of hydrogen-bond acceptors (Lipinski definition) is 4. The van der Waals surface area contributed by atoms with Gasteiger partial charge in [-0.3, -0.25) is 9.78 Å². The predicted molar refractivity (Wildman–Crippen MR) is 72.7 cm³/mol. The normalized spacial score (nSPS) is 18.3. The van der Waals surface area contributed by atoms with E-state index in [0.29, 0.717) is 6.54 Å². The van der Waals surface area contributed by atoms with Crippen LogP contribution in [-0.2, 0) is 11.2 Å². The number of rotatable bonds is 7. The largest absolute Gasteiger partial charge is 0.480 e. The van der Waals surface area contributed by atoms with Gasteiger partial charge in [0.05, 0.1) is 0 Å². The number of pyridine rings is 1. The first-order chi connectivity index (χ1) is 9.02. The third-order valence-electron chi connectivity index (χ3n) is 3.77. The van der Waals surface area contributed by atoms with Crippen LogP contribution >= 0.6 is 0 Å². The molecule has 1 aliphatic carbocycles. The summed E-state index contributed by atoms with van der Waals surface area (Å²) >= 11 is 0. The molecule has 104 valence electrons. The zero-order valence-electron chi connectivity index (χ0n) is 11.2. The molecule has 5 heteroatoms. The molecule has 0 spiro atoms. The molecule has 0 amide bonds. The second kappa shape index (κ2) is 5.67. The number of nitrogens with zero attached hydrogens (tertiary/aromatic N) is 2. The van der Waals surface area contributed by atoms with Crippen molar-refractivity contribution in [2.75, 3.05) is 20.1 Å². The van der Waals surface area contributed by atoms with Crippen molar-refractivity contribution in [3.8, 4) is 0 Å². The molecule has 0 aromatic carbocycles. The Labute approximate surface area is 113 Å². The fraction of sp³-hybridized carbons (Fsp3) is 0.571. The molecule has 1 saturated carbocycles. The molecule has 0 saturated heterocycles. The van der Waals surface area contributed by atoms with E-state index in [1.165, 1.54) is 5.56 Å². The van der Waals surface area contributed by atoms with Gasteiger partial charge in [-0.05, 0) is 49.9 Å². The average Bonchev–Trinajstić information content (AvgIpc) is 3.22. The second-order valence-electron chi connectivity index (χ2n) is 5.46. The van der Waals surface area contributed by atoms with E-state index in [-0.39, 0.29) is 5.92 Å². The predicted octanol–water partition coefficient (Wildman–Crippen LogP) is 0.748. The highest BCUT2D eigenvalue weighted by molar-refractivity contribution is 5.79. The van der Waals surface area contributed by atoms with E-state index in [1.807, 2.05) is 24.1 Å². The SMILES string of the molecule is CN(CCc1ccncc1)CC(N)(C(=O)O)C1CC1. The van der Waals surface area contributed by atoms with E-state index in [1.54, 1.807) is 12.4 Å². The monoisotopic (exact) mass is 263 g/mol. The highest BCUT2D eigenvalue weighted by atomic mass is 16.4. The van der Waals surface area contributed by atoms with Gasteiger partial charge in [-0.25, -0.2) is 0 Å². The van der Waals surface area contributed by atoms with Gasteiger partial charge in [-0.1, -0.05) is 0 Å². The Hall–Kier alpha value is -1.46. The van der Waals surface area contributed by atoms with Crippen molar-refractivity contribution in [1.29, 1.82) is 0 Å². The van der Waals surface area contributed by atoms with Crippen LogP contribution in [0.3, 0.4) is 0 Å². The lowest BCUT2D eigenvalue weighted by atomic mass is 9.94. The van der Waals surface area contributed by atoms with Crippen LogP contribution in [0.1, 0.15) is 18.4 Å². The molecule has 1 atom stereocenters. The summed E-state index contributed by atoms with van der Waals surface area (Å²) in [7, 11) is 1.92. The number of aromatic nitrogens is 1. The highest BCUT2D eigenvalue weighted by Gasteiger charge is 2.48. The van der Waals surface area contributed by atoms with Gasteiger partial charge in [0.25, 0.3) is 0 Å². The molecule has 19 heavy (non-hydrogen) atoms. The van der Waals surface area contributed by atoms with Crippen molar-refractivity contribution in [2.24, 2.45) is 11.7 Å². The first-order valence-electron chi connectivity index (χ1n) is 6.62. The summed E-state index contributed by atoms with van der Waals surface area (Å²) < 4.78 is 0. The summed E-state index contributed by atoms with van der Waals surface area (Å²) in [6, 6.07) is 3.95. The Balaban J connectivity index is 1.86. The Morgan fingerprint density at radius 2 is 2.16 bits per heavy atom. The van der Waals surface area contributed by atoms with E-state index in [0.717, 1.165) is 25.8 Å². The van der Waals surface area contributed by atoms with Crippen LogP contribution < -0.4 is 5.73 Å². The number of nitrogens with two attached hydrogens (primary N) is 1. The number of aliphatic carboxylic acids is 1. The first kappa shape index (κ1) is 14.0. The third-order valence-corrected chi connectivity index (χ3v) is 3.77. The lowest BCUT2D eigenvalue weighted by molar-refractivity contribution is -0.145. The van der Waals surface area contributed by atoms with Crippen LogP contribution in [0.5, 0.6) is 0 Å². The molecular weight excluding hydrogens is 242 g/mol. The minimum absolute atomic E-state index is 0.133. The second-order valence-corrected chi connectivity index (χ2v) is 5.46. The number of carbonyl (C=O) groups is 1. The van der Waals surface area contributed by atoms with Crippen molar-refractivity contribution in [1.82, 2.24) is 9.88 Å². The van der Waals surface area contributed by atoms with Crippen LogP contribution in [0.4, 0.5) is 0 Å². The molecule has 5 nitrogen and oxygen atoms in total. The van der Waals surface area contributed by atoms with Gasteiger partial charge in [-0.15, -0.1) is 0 Å². The Morgan fingerprint density at radius 3 is 2.68 bits per heavy atom. The fourth-order valence-corrected chi connectivity index (χ4v) is 2.36. The molecule has 0 bridgehead atoms. The van der Waals surface area contributed by atoms with Crippen LogP contribution in [-0.4, -0.2) is 46.6 Å². The first-order valence-corrected chi connectivity index (χ1v) is 6.62. The molecule has 1 aromatic rings. The van der Waals surface area contributed by atoms with Crippen molar-refractivity contribution in [2.45, 2.75) is 24.8 Å². The van der Waals surface area contributed by atoms with E-state index >= 15 is 0 Å². The molecule has 1 fully saturated rings.